The maximum absolute atomic E-state index is 13.2. The summed E-state index contributed by atoms with van der Waals surface area (Å²) in [5.41, 5.74) is 1.28. The van der Waals surface area contributed by atoms with Crippen molar-refractivity contribution in [2.45, 2.75) is 25.8 Å². The Morgan fingerprint density at radius 1 is 1.50 bits per heavy atom. The molecule has 0 spiro atoms. The maximum atomic E-state index is 13.2. The molecule has 0 saturated heterocycles. The Labute approximate surface area is 107 Å². The summed E-state index contributed by atoms with van der Waals surface area (Å²) in [4.78, 5) is 13.8. The van der Waals surface area contributed by atoms with E-state index in [1.165, 1.54) is 19.1 Å². The lowest BCUT2D eigenvalue weighted by atomic mass is 10.1. The van der Waals surface area contributed by atoms with Crippen molar-refractivity contribution in [3.05, 3.63) is 29.6 Å². The zero-order chi connectivity index (χ0) is 13.1. The fourth-order valence-electron chi connectivity index (χ4n) is 2.12. The number of rotatable bonds is 6. The van der Waals surface area contributed by atoms with Crippen LogP contribution >= 0.6 is 0 Å². The maximum Gasteiger partial charge on any atom is 0.161 e. The van der Waals surface area contributed by atoms with Crippen molar-refractivity contribution in [3.8, 4) is 0 Å². The summed E-state index contributed by atoms with van der Waals surface area (Å²) < 4.78 is 18.3. The van der Waals surface area contributed by atoms with Gasteiger partial charge in [0.15, 0.2) is 5.78 Å². The summed E-state index contributed by atoms with van der Waals surface area (Å²) in [6.45, 7) is 2.80. The number of halogens is 1. The first-order chi connectivity index (χ1) is 8.63. The molecule has 0 bridgehead atoms. The van der Waals surface area contributed by atoms with Crippen molar-refractivity contribution < 1.29 is 13.9 Å². The van der Waals surface area contributed by atoms with Crippen LogP contribution < -0.4 is 4.90 Å². The van der Waals surface area contributed by atoms with Crippen molar-refractivity contribution in [2.75, 3.05) is 25.2 Å². The van der Waals surface area contributed by atoms with Crippen LogP contribution in [0.15, 0.2) is 18.2 Å². The van der Waals surface area contributed by atoms with Crippen LogP contribution in [0.25, 0.3) is 0 Å². The average molecular weight is 251 g/mol. The Kier molecular flexibility index (Phi) is 3.97. The molecular weight excluding hydrogens is 233 g/mol. The number of hydrogen-bond acceptors (Lipinski definition) is 3. The first-order valence-electron chi connectivity index (χ1n) is 6.19. The van der Waals surface area contributed by atoms with E-state index < -0.39 is 0 Å². The van der Waals surface area contributed by atoms with Gasteiger partial charge in [0.25, 0.3) is 0 Å². The van der Waals surface area contributed by atoms with Crippen molar-refractivity contribution in [3.63, 3.8) is 0 Å². The zero-order valence-electron chi connectivity index (χ0n) is 10.8. The second-order valence-corrected chi connectivity index (χ2v) is 4.64. The number of hydrogen-bond donors (Lipinski definition) is 0. The number of Topliss-reactive ketones (excluding diaryl/α,β-unsaturated/α-hetero) is 1. The molecule has 1 aliphatic rings. The van der Waals surface area contributed by atoms with E-state index >= 15 is 0 Å². The van der Waals surface area contributed by atoms with E-state index in [0.29, 0.717) is 18.2 Å². The molecule has 2 rings (SSSR count). The monoisotopic (exact) mass is 251 g/mol. The van der Waals surface area contributed by atoms with Gasteiger partial charge in [0, 0.05) is 30.9 Å². The number of carbonyl (C=O) groups excluding carboxylic acids is 1. The molecule has 0 radical (unpaired) electrons. The molecule has 98 valence electrons. The Hall–Kier alpha value is -1.42. The molecule has 0 aliphatic heterocycles. The van der Waals surface area contributed by atoms with Crippen LogP contribution in [0.3, 0.4) is 0 Å². The number of ketones is 1. The molecule has 1 aromatic rings. The highest BCUT2D eigenvalue weighted by Crippen LogP contribution is 2.33. The van der Waals surface area contributed by atoms with E-state index in [2.05, 4.69) is 4.90 Å². The van der Waals surface area contributed by atoms with Crippen molar-refractivity contribution in [2.24, 2.45) is 0 Å². The smallest absolute Gasteiger partial charge is 0.161 e. The lowest BCUT2D eigenvalue weighted by Crippen LogP contribution is -2.30. The minimum absolute atomic E-state index is 0.104. The van der Waals surface area contributed by atoms with Gasteiger partial charge in [-0.1, -0.05) is 0 Å². The third-order valence-electron chi connectivity index (χ3n) is 3.17. The minimum atomic E-state index is -0.369. The number of carbonyl (C=O) groups is 1. The fraction of sp³-hybridized carbons (Fsp3) is 0.500. The number of ether oxygens (including phenoxy) is 1. The van der Waals surface area contributed by atoms with Crippen LogP contribution in [0.2, 0.25) is 0 Å². The lowest BCUT2D eigenvalue weighted by molar-refractivity contribution is 0.101. The quantitative estimate of drug-likeness (QED) is 0.728. The van der Waals surface area contributed by atoms with Gasteiger partial charge < -0.3 is 9.64 Å². The van der Waals surface area contributed by atoms with E-state index in [9.17, 15) is 9.18 Å². The normalized spacial score (nSPS) is 14.6. The third-order valence-corrected chi connectivity index (χ3v) is 3.17. The standard InChI is InChI=1S/C14H18FNO2/c1-10(17)13-9-11(15)3-6-14(13)16(7-8-18-2)12-4-5-12/h3,6,9,12H,4-5,7-8H2,1-2H3. The van der Waals surface area contributed by atoms with Gasteiger partial charge in [-0.25, -0.2) is 4.39 Å². The Balaban J connectivity index is 2.30. The van der Waals surface area contributed by atoms with Gasteiger partial charge in [-0.15, -0.1) is 0 Å². The number of anilines is 1. The van der Waals surface area contributed by atoms with E-state index in [1.54, 1.807) is 13.2 Å². The fourth-order valence-corrected chi connectivity index (χ4v) is 2.12. The van der Waals surface area contributed by atoms with E-state index in [4.69, 9.17) is 4.74 Å². The highest BCUT2D eigenvalue weighted by molar-refractivity contribution is 5.99. The summed E-state index contributed by atoms with van der Waals surface area (Å²) in [6, 6.07) is 4.88. The Morgan fingerprint density at radius 3 is 2.78 bits per heavy atom. The second kappa shape index (κ2) is 5.48. The predicted molar refractivity (Wildman–Crippen MR) is 68.6 cm³/mol. The highest BCUT2D eigenvalue weighted by atomic mass is 19.1. The SMILES string of the molecule is COCCN(c1ccc(F)cc1C(C)=O)C1CC1. The van der Waals surface area contributed by atoms with Gasteiger partial charge in [-0.3, -0.25) is 4.79 Å². The molecule has 1 aromatic carbocycles. The van der Waals surface area contributed by atoms with Crippen LogP contribution in [0, 0.1) is 5.82 Å². The lowest BCUT2D eigenvalue weighted by Gasteiger charge is -2.26. The van der Waals surface area contributed by atoms with Gasteiger partial charge in [0.05, 0.1) is 6.61 Å². The summed E-state index contributed by atoms with van der Waals surface area (Å²) in [5.74, 6) is -0.473. The van der Waals surface area contributed by atoms with Crippen molar-refractivity contribution in [1.82, 2.24) is 0 Å². The van der Waals surface area contributed by atoms with Gasteiger partial charge in [-0.05, 0) is 38.0 Å². The number of methoxy groups -OCH3 is 1. The number of nitrogens with zero attached hydrogens (tertiary/aromatic N) is 1. The topological polar surface area (TPSA) is 29.5 Å². The molecule has 0 heterocycles. The summed E-state index contributed by atoms with van der Waals surface area (Å²) in [7, 11) is 1.65. The van der Waals surface area contributed by atoms with Gasteiger partial charge in [0.2, 0.25) is 0 Å². The number of benzene rings is 1. The first kappa shape index (κ1) is 13.0. The largest absolute Gasteiger partial charge is 0.383 e. The minimum Gasteiger partial charge on any atom is -0.383 e. The highest BCUT2D eigenvalue weighted by Gasteiger charge is 2.30. The van der Waals surface area contributed by atoms with Crippen LogP contribution in [0.5, 0.6) is 0 Å². The Morgan fingerprint density at radius 2 is 2.22 bits per heavy atom. The summed E-state index contributed by atoms with van der Waals surface area (Å²) in [6.07, 6.45) is 2.25. The van der Waals surface area contributed by atoms with E-state index in [-0.39, 0.29) is 11.6 Å². The van der Waals surface area contributed by atoms with E-state index in [1.807, 2.05) is 0 Å². The molecule has 0 atom stereocenters. The molecule has 1 saturated carbocycles. The molecule has 1 fully saturated rings. The third kappa shape index (κ3) is 2.88. The van der Waals surface area contributed by atoms with Crippen molar-refractivity contribution >= 4 is 11.5 Å². The van der Waals surface area contributed by atoms with E-state index in [0.717, 1.165) is 25.1 Å². The molecule has 18 heavy (non-hydrogen) atoms. The van der Waals surface area contributed by atoms with Crippen LogP contribution in [-0.2, 0) is 4.74 Å². The molecule has 4 heteroatoms. The van der Waals surface area contributed by atoms with Crippen LogP contribution in [0.1, 0.15) is 30.1 Å². The molecule has 0 unspecified atom stereocenters. The Bertz CT molecular complexity index is 443. The molecular formula is C14H18FNO2. The molecule has 0 amide bonds. The molecule has 3 nitrogen and oxygen atoms in total. The predicted octanol–water partition coefficient (Wildman–Crippen LogP) is 2.64. The average Bonchev–Trinajstić information content (AvgIpc) is 3.15. The van der Waals surface area contributed by atoms with Crippen LogP contribution in [-0.4, -0.2) is 32.1 Å². The molecule has 1 aliphatic carbocycles. The molecule has 0 N–H and O–H groups in total. The van der Waals surface area contributed by atoms with Crippen LogP contribution in [0.4, 0.5) is 10.1 Å². The van der Waals surface area contributed by atoms with Gasteiger partial charge in [-0.2, -0.15) is 0 Å². The zero-order valence-corrected chi connectivity index (χ0v) is 10.8. The first-order valence-corrected chi connectivity index (χ1v) is 6.19. The van der Waals surface area contributed by atoms with Gasteiger partial charge >= 0.3 is 0 Å². The van der Waals surface area contributed by atoms with Gasteiger partial charge in [0.1, 0.15) is 5.82 Å². The summed E-state index contributed by atoms with van der Waals surface area (Å²) in [5, 5.41) is 0. The second-order valence-electron chi connectivity index (χ2n) is 4.64. The van der Waals surface area contributed by atoms with Crippen molar-refractivity contribution in [1.29, 1.82) is 0 Å². The summed E-state index contributed by atoms with van der Waals surface area (Å²) >= 11 is 0. The molecule has 0 aromatic heterocycles.